The van der Waals surface area contributed by atoms with Crippen molar-refractivity contribution in [1.29, 1.82) is 0 Å². The SMILES string of the molecule is O=C(O)CC[C@H](NC(=O)N[C@@H](CCCCC(=O)CCCCCCCCCNc1nc(Cc2ccc(CC3CN(CC(=O)O)CCN(CC(=O)O)CCN(CC(=O)O)CCN3CC(=O)O)cc2)nc(N2CCCCC2)n1)C(=O)O)C(=O)O.[Lu]. The first kappa shape index (κ1) is 70.4. The van der Waals surface area contributed by atoms with Gasteiger partial charge in [-0.15, -0.1) is 0 Å². The molecule has 4 rings (SSSR count). The smallest absolute Gasteiger partial charge is 0.326 e. The van der Waals surface area contributed by atoms with E-state index in [0.717, 1.165) is 88.4 Å². The van der Waals surface area contributed by atoms with E-state index in [1.807, 2.05) is 24.3 Å². The Morgan fingerprint density at radius 2 is 1.01 bits per heavy atom. The van der Waals surface area contributed by atoms with Gasteiger partial charge in [-0.3, -0.25) is 48.4 Å². The summed E-state index contributed by atoms with van der Waals surface area (Å²) in [5, 5.41) is 74.3. The van der Waals surface area contributed by atoms with Crippen molar-refractivity contribution in [2.75, 3.05) is 102 Å². The van der Waals surface area contributed by atoms with Crippen molar-refractivity contribution < 1.29 is 116 Å². The Kier molecular flexibility index (Phi) is 33.3. The van der Waals surface area contributed by atoms with Crippen LogP contribution in [0.3, 0.4) is 0 Å². The number of rotatable bonds is 36. The minimum absolute atomic E-state index is 0. The Balaban J connectivity index is 0.0000176. The summed E-state index contributed by atoms with van der Waals surface area (Å²) in [7, 11) is 0. The molecule has 0 bridgehead atoms. The van der Waals surface area contributed by atoms with Crippen LogP contribution in [0.25, 0.3) is 0 Å². The Hall–Kier alpha value is -5.87. The number of benzene rings is 1. The number of carbonyl (C=O) groups is 9. The Morgan fingerprint density at radius 3 is 1.57 bits per heavy atom. The number of nitrogens with zero attached hydrogens (tertiary/aromatic N) is 8. The van der Waals surface area contributed by atoms with Gasteiger partial charge in [0, 0.05) is 134 Å². The summed E-state index contributed by atoms with van der Waals surface area (Å²) in [6.45, 7) is 2.36. The second-order valence-corrected chi connectivity index (χ2v) is 20.9. The molecule has 82 heavy (non-hydrogen) atoms. The molecule has 465 valence electrons. The van der Waals surface area contributed by atoms with Crippen LogP contribution in [-0.2, 0) is 51.2 Å². The number of carbonyl (C=O) groups excluding carboxylic acids is 2. The number of nitrogens with one attached hydrogen (secondary N) is 3. The summed E-state index contributed by atoms with van der Waals surface area (Å²) < 4.78 is 0. The van der Waals surface area contributed by atoms with Crippen LogP contribution in [0.15, 0.2) is 24.3 Å². The van der Waals surface area contributed by atoms with Gasteiger partial charge in [-0.1, -0.05) is 62.8 Å². The second-order valence-electron chi connectivity index (χ2n) is 20.9. The van der Waals surface area contributed by atoms with Crippen LogP contribution in [-0.4, -0.2) is 234 Å². The Morgan fingerprint density at radius 1 is 0.512 bits per heavy atom. The van der Waals surface area contributed by atoms with Gasteiger partial charge in [0.05, 0.1) is 26.2 Å². The van der Waals surface area contributed by atoms with E-state index in [9.17, 15) is 73.8 Å². The van der Waals surface area contributed by atoms with Crippen molar-refractivity contribution in [2.45, 2.75) is 140 Å². The zero-order valence-electron chi connectivity index (χ0n) is 46.5. The first-order valence-electron chi connectivity index (χ1n) is 28.1. The van der Waals surface area contributed by atoms with Crippen LogP contribution < -0.4 is 20.9 Å². The van der Waals surface area contributed by atoms with Gasteiger partial charge in [-0.25, -0.2) is 14.4 Å². The van der Waals surface area contributed by atoms with Crippen LogP contribution in [0.5, 0.6) is 0 Å². The summed E-state index contributed by atoms with van der Waals surface area (Å²) in [4.78, 5) is 130. The van der Waals surface area contributed by atoms with Gasteiger partial charge in [0.2, 0.25) is 11.9 Å². The van der Waals surface area contributed by atoms with E-state index in [0.29, 0.717) is 56.4 Å². The summed E-state index contributed by atoms with van der Waals surface area (Å²) in [6.07, 6.45) is 11.1. The first-order valence-corrected chi connectivity index (χ1v) is 28.1. The third kappa shape index (κ3) is 29.4. The molecule has 1 aromatic heterocycles. The average Bonchev–Trinajstić information content (AvgIpc) is 3.42. The molecule has 3 heterocycles. The van der Waals surface area contributed by atoms with Crippen LogP contribution in [0, 0.1) is 36.9 Å². The second kappa shape index (κ2) is 38.8. The van der Waals surface area contributed by atoms with E-state index in [4.69, 9.17) is 20.1 Å². The molecule has 2 fully saturated rings. The quantitative estimate of drug-likeness (QED) is 0.0438. The number of hydrogen-bond acceptors (Lipinski definition) is 18. The molecule has 0 aliphatic carbocycles. The molecule has 0 spiro atoms. The summed E-state index contributed by atoms with van der Waals surface area (Å²) >= 11 is 0. The van der Waals surface area contributed by atoms with E-state index >= 15 is 0 Å². The summed E-state index contributed by atoms with van der Waals surface area (Å²) in [5.74, 6) is -6.54. The molecule has 10 N–H and O–H groups in total. The minimum atomic E-state index is -1.50. The summed E-state index contributed by atoms with van der Waals surface area (Å²) in [5.41, 5.74) is 1.79. The number of anilines is 2. The summed E-state index contributed by atoms with van der Waals surface area (Å²) in [6, 6.07) is 3.46. The van der Waals surface area contributed by atoms with E-state index in [2.05, 4.69) is 20.9 Å². The molecule has 27 nitrogen and oxygen atoms in total. The van der Waals surface area contributed by atoms with E-state index in [1.54, 1.807) is 19.6 Å². The van der Waals surface area contributed by atoms with Crippen molar-refractivity contribution in [3.63, 3.8) is 0 Å². The molecule has 3 atom stereocenters. The number of urea groups is 1. The number of piperidine rings is 1. The van der Waals surface area contributed by atoms with Gasteiger partial charge in [0.1, 0.15) is 23.7 Å². The number of hydrogen-bond donors (Lipinski definition) is 10. The molecule has 2 aromatic rings. The standard InChI is InChI=1S/C54H83N11O16.Lu/c66-41(14-8-9-15-42(50(77)78)56-54(81)57-43(51(79)80)20-21-45(67)68)13-7-4-2-1-3-5-10-22-55-52-58-44(59-53(60-52)64-23-11-6-12-24-64)32-39-18-16-38(17-19-39)31-40-33-63(36-48(73)74)28-27-61(34-46(69)70)25-26-62(35-47(71)72)29-30-65(40)37-49(75)76;/h16-19,40,42-43H,1-15,20-37H2,(H,67,68)(H,69,70)(H,71,72)(H,73,74)(H,75,76)(H,77,78)(H,79,80)(H2,56,57,81)(H,55,58,59,60);/t40?,42-,43-;/m0./s1. The molecule has 0 saturated carbocycles. The van der Waals surface area contributed by atoms with Gasteiger partial charge in [0.15, 0.2) is 0 Å². The molecule has 1 aromatic carbocycles. The third-order valence-corrected chi connectivity index (χ3v) is 14.2. The fraction of sp³-hybridized carbons (Fsp3) is 0.667. The largest absolute Gasteiger partial charge is 0.481 e. The van der Waals surface area contributed by atoms with E-state index < -0.39 is 72.4 Å². The zero-order valence-corrected chi connectivity index (χ0v) is 48.2. The molecule has 2 amide bonds. The third-order valence-electron chi connectivity index (χ3n) is 14.2. The Labute approximate surface area is 506 Å². The van der Waals surface area contributed by atoms with Crippen LogP contribution >= 0.6 is 0 Å². The predicted octanol–water partition coefficient (Wildman–Crippen LogP) is 2.66. The van der Waals surface area contributed by atoms with Crippen molar-refractivity contribution in [2.24, 2.45) is 0 Å². The molecule has 2 saturated heterocycles. The monoisotopic (exact) mass is 1320 g/mol. The normalized spacial score (nSPS) is 16.7. The first-order chi connectivity index (χ1) is 38.7. The number of unbranched alkanes of at least 4 members (excludes halogenated alkanes) is 7. The van der Waals surface area contributed by atoms with Gasteiger partial charge < -0.3 is 56.6 Å². The number of ketones is 1. The van der Waals surface area contributed by atoms with Gasteiger partial charge in [-0.2, -0.15) is 15.0 Å². The zero-order chi connectivity index (χ0) is 59.1. The van der Waals surface area contributed by atoms with Crippen molar-refractivity contribution in [3.8, 4) is 0 Å². The molecular weight excluding hydrogens is 1230 g/mol. The maximum absolute atomic E-state index is 12.5. The van der Waals surface area contributed by atoms with Crippen LogP contribution in [0.2, 0.25) is 0 Å². The fourth-order valence-corrected chi connectivity index (χ4v) is 9.87. The average molecular weight is 1320 g/mol. The number of aromatic nitrogens is 3. The van der Waals surface area contributed by atoms with E-state index in [-0.39, 0.29) is 134 Å². The van der Waals surface area contributed by atoms with Gasteiger partial charge in [-0.05, 0) is 68.9 Å². The maximum atomic E-state index is 12.5. The molecule has 1 radical (unpaired) electrons. The molecule has 2 aliphatic heterocycles. The maximum Gasteiger partial charge on any atom is 0.326 e. The van der Waals surface area contributed by atoms with Crippen LogP contribution in [0.1, 0.15) is 126 Å². The molecule has 28 heteroatoms. The van der Waals surface area contributed by atoms with Gasteiger partial charge >= 0.3 is 47.8 Å². The number of Topliss-reactive ketones (excluding diaryl/α,β-unsaturated/α-hetero) is 1. The van der Waals surface area contributed by atoms with Crippen molar-refractivity contribution in [1.82, 2.24) is 45.2 Å². The number of carboxylic acid groups (broad SMARTS) is 7. The fourth-order valence-electron chi connectivity index (χ4n) is 9.87. The molecule has 1 unspecified atom stereocenters. The molecule has 2 aliphatic rings. The Bertz CT molecular complexity index is 2370. The van der Waals surface area contributed by atoms with Gasteiger partial charge in [0.25, 0.3) is 0 Å². The van der Waals surface area contributed by atoms with Crippen molar-refractivity contribution >= 4 is 65.5 Å². The van der Waals surface area contributed by atoms with Crippen molar-refractivity contribution in [3.05, 3.63) is 41.2 Å². The topological polar surface area (TPSA) is 386 Å². The minimum Gasteiger partial charge on any atom is -0.481 e. The van der Waals surface area contributed by atoms with Crippen LogP contribution in [0.4, 0.5) is 16.7 Å². The van der Waals surface area contributed by atoms with E-state index in [1.165, 1.54) is 0 Å². The molecular formula is C54H83LuN11O16. The predicted molar refractivity (Wildman–Crippen MR) is 294 cm³/mol. The number of aliphatic carboxylic acids is 7. The number of amides is 2. The number of carboxylic acids is 7.